The fraction of sp³-hybridized carbons (Fsp3) is 0.182. The number of hydrogen-bond acceptors (Lipinski definition) is 1. The lowest BCUT2D eigenvalue weighted by Crippen LogP contribution is -2.19. The first-order valence-corrected chi connectivity index (χ1v) is 4.43. The molecule has 0 fully saturated rings. The largest absolute Gasteiger partial charge is 0.342 e. The van der Waals surface area contributed by atoms with Crippen molar-refractivity contribution in [1.29, 1.82) is 0 Å². The first-order valence-electron chi connectivity index (χ1n) is 4.43. The molecule has 1 aromatic carbocycles. The molecule has 3 rings (SSSR count). The number of carbonyl (C=O) groups is 1. The number of hydrogen-bond donors (Lipinski definition) is 1. The highest BCUT2D eigenvalue weighted by Gasteiger charge is 2.32. The molecule has 13 heavy (non-hydrogen) atoms. The van der Waals surface area contributed by atoms with E-state index in [0.29, 0.717) is 0 Å². The van der Waals surface area contributed by atoms with Gasteiger partial charge in [0.2, 0.25) is 5.91 Å². The standard InChI is InChI=1S/C11H9NO/c13-10-6-8-5-7-3-1-2-4-9(7)11(8)12-10/h1-4,6,11H,5H2,(H,12,13). The van der Waals surface area contributed by atoms with Crippen LogP contribution >= 0.6 is 0 Å². The van der Waals surface area contributed by atoms with Gasteiger partial charge < -0.3 is 5.32 Å². The molecule has 64 valence electrons. The predicted octanol–water partition coefficient (Wildman–Crippen LogP) is 1.34. The monoisotopic (exact) mass is 171 g/mol. The van der Waals surface area contributed by atoms with E-state index in [9.17, 15) is 4.79 Å². The van der Waals surface area contributed by atoms with Crippen molar-refractivity contribution in [3.8, 4) is 0 Å². The molecule has 0 aromatic heterocycles. The number of nitrogens with one attached hydrogen (secondary N) is 1. The van der Waals surface area contributed by atoms with Crippen LogP contribution in [-0.2, 0) is 11.2 Å². The molecule has 1 atom stereocenters. The second-order valence-electron chi connectivity index (χ2n) is 3.54. The van der Waals surface area contributed by atoms with Crippen LogP contribution in [0, 0.1) is 0 Å². The highest BCUT2D eigenvalue weighted by Crippen LogP contribution is 2.37. The summed E-state index contributed by atoms with van der Waals surface area (Å²) in [5, 5.41) is 2.94. The van der Waals surface area contributed by atoms with Gasteiger partial charge in [-0.05, 0) is 23.1 Å². The molecular formula is C11H9NO. The molecule has 1 aromatic rings. The molecule has 0 bridgehead atoms. The Hall–Kier alpha value is -1.57. The Kier molecular flexibility index (Phi) is 1.18. The van der Waals surface area contributed by atoms with Crippen LogP contribution in [0.1, 0.15) is 17.2 Å². The summed E-state index contributed by atoms with van der Waals surface area (Å²) in [5.41, 5.74) is 3.82. The van der Waals surface area contributed by atoms with Crippen molar-refractivity contribution < 1.29 is 4.79 Å². The molecule has 0 spiro atoms. The number of rotatable bonds is 0. The zero-order valence-corrected chi connectivity index (χ0v) is 7.08. The summed E-state index contributed by atoms with van der Waals surface area (Å²) < 4.78 is 0. The van der Waals surface area contributed by atoms with E-state index in [1.54, 1.807) is 6.08 Å². The lowest BCUT2D eigenvalue weighted by Gasteiger charge is -2.07. The van der Waals surface area contributed by atoms with Gasteiger partial charge in [-0.3, -0.25) is 4.79 Å². The van der Waals surface area contributed by atoms with E-state index in [4.69, 9.17) is 0 Å². The molecule has 1 unspecified atom stereocenters. The van der Waals surface area contributed by atoms with Crippen molar-refractivity contribution in [2.45, 2.75) is 12.5 Å². The molecule has 2 aliphatic rings. The maximum atomic E-state index is 11.1. The second kappa shape index (κ2) is 2.22. The SMILES string of the molecule is O=C1C=C2Cc3ccccc3C2N1. The van der Waals surface area contributed by atoms with E-state index >= 15 is 0 Å². The molecule has 0 saturated heterocycles. The molecule has 2 heteroatoms. The van der Waals surface area contributed by atoms with Gasteiger partial charge >= 0.3 is 0 Å². The van der Waals surface area contributed by atoms with Crippen molar-refractivity contribution in [1.82, 2.24) is 5.32 Å². The van der Waals surface area contributed by atoms with Gasteiger partial charge in [0.1, 0.15) is 0 Å². The third-order valence-corrected chi connectivity index (χ3v) is 2.73. The Morgan fingerprint density at radius 2 is 2.15 bits per heavy atom. The van der Waals surface area contributed by atoms with Gasteiger partial charge in [-0.15, -0.1) is 0 Å². The molecule has 1 aliphatic heterocycles. The normalized spacial score (nSPS) is 23.5. The number of carbonyl (C=O) groups excluding carboxylic acids is 1. The molecule has 2 nitrogen and oxygen atoms in total. The van der Waals surface area contributed by atoms with Crippen LogP contribution in [0.25, 0.3) is 0 Å². The smallest absolute Gasteiger partial charge is 0.244 e. The third kappa shape index (κ3) is 0.856. The molecule has 0 radical (unpaired) electrons. The van der Waals surface area contributed by atoms with Gasteiger partial charge in [-0.2, -0.15) is 0 Å². The quantitative estimate of drug-likeness (QED) is 0.627. The summed E-state index contributed by atoms with van der Waals surface area (Å²) in [6.07, 6.45) is 2.66. The van der Waals surface area contributed by atoms with Gasteiger partial charge in [0.05, 0.1) is 6.04 Å². The molecular weight excluding hydrogens is 162 g/mol. The Labute approximate surface area is 76.3 Å². The summed E-state index contributed by atoms with van der Waals surface area (Å²) >= 11 is 0. The van der Waals surface area contributed by atoms with Crippen LogP contribution in [0.5, 0.6) is 0 Å². The summed E-state index contributed by atoms with van der Waals surface area (Å²) in [5.74, 6) is 0.0505. The summed E-state index contributed by atoms with van der Waals surface area (Å²) in [6, 6.07) is 8.45. The number of fused-ring (bicyclic) bond motifs is 3. The zero-order valence-electron chi connectivity index (χ0n) is 7.08. The van der Waals surface area contributed by atoms with E-state index in [1.165, 1.54) is 16.7 Å². The maximum Gasteiger partial charge on any atom is 0.244 e. The number of amides is 1. The van der Waals surface area contributed by atoms with Gasteiger partial charge in [0.15, 0.2) is 0 Å². The predicted molar refractivity (Wildman–Crippen MR) is 49.1 cm³/mol. The van der Waals surface area contributed by atoms with Crippen LogP contribution in [-0.4, -0.2) is 5.91 Å². The summed E-state index contributed by atoms with van der Waals surface area (Å²) in [7, 11) is 0. The van der Waals surface area contributed by atoms with E-state index in [2.05, 4.69) is 17.4 Å². The van der Waals surface area contributed by atoms with E-state index in [1.807, 2.05) is 12.1 Å². The average Bonchev–Trinajstić information content (AvgIpc) is 2.60. The van der Waals surface area contributed by atoms with Crippen LogP contribution in [0.3, 0.4) is 0 Å². The Morgan fingerprint density at radius 1 is 1.31 bits per heavy atom. The van der Waals surface area contributed by atoms with Crippen LogP contribution < -0.4 is 5.32 Å². The molecule has 1 heterocycles. The Bertz CT molecular complexity index is 420. The van der Waals surface area contributed by atoms with E-state index in [0.717, 1.165) is 6.42 Å². The fourth-order valence-electron chi connectivity index (χ4n) is 2.16. The fourth-order valence-corrected chi connectivity index (χ4v) is 2.16. The van der Waals surface area contributed by atoms with Crippen molar-refractivity contribution in [3.05, 3.63) is 47.0 Å². The Morgan fingerprint density at radius 3 is 3.08 bits per heavy atom. The van der Waals surface area contributed by atoms with Crippen LogP contribution in [0.2, 0.25) is 0 Å². The highest BCUT2D eigenvalue weighted by molar-refractivity contribution is 5.92. The molecule has 1 N–H and O–H groups in total. The highest BCUT2D eigenvalue weighted by atomic mass is 16.1. The average molecular weight is 171 g/mol. The first-order chi connectivity index (χ1) is 6.34. The molecule has 1 aliphatic carbocycles. The van der Waals surface area contributed by atoms with E-state index < -0.39 is 0 Å². The number of benzene rings is 1. The van der Waals surface area contributed by atoms with E-state index in [-0.39, 0.29) is 11.9 Å². The minimum atomic E-state index is 0.0505. The third-order valence-electron chi connectivity index (χ3n) is 2.73. The minimum absolute atomic E-state index is 0.0505. The topological polar surface area (TPSA) is 29.1 Å². The van der Waals surface area contributed by atoms with Crippen molar-refractivity contribution in [2.24, 2.45) is 0 Å². The lowest BCUT2D eigenvalue weighted by atomic mass is 10.1. The second-order valence-corrected chi connectivity index (χ2v) is 3.54. The molecule has 1 amide bonds. The van der Waals surface area contributed by atoms with Gasteiger partial charge in [0, 0.05) is 6.08 Å². The van der Waals surface area contributed by atoms with Crippen molar-refractivity contribution in [3.63, 3.8) is 0 Å². The van der Waals surface area contributed by atoms with Crippen LogP contribution in [0.4, 0.5) is 0 Å². The van der Waals surface area contributed by atoms with Gasteiger partial charge in [-0.1, -0.05) is 24.3 Å². The maximum absolute atomic E-state index is 11.1. The lowest BCUT2D eigenvalue weighted by molar-refractivity contribution is -0.116. The summed E-state index contributed by atoms with van der Waals surface area (Å²) in [4.78, 5) is 11.1. The van der Waals surface area contributed by atoms with Crippen molar-refractivity contribution >= 4 is 5.91 Å². The van der Waals surface area contributed by atoms with Gasteiger partial charge in [0.25, 0.3) is 0 Å². The van der Waals surface area contributed by atoms with Gasteiger partial charge in [-0.25, -0.2) is 0 Å². The Balaban J connectivity index is 2.14. The zero-order chi connectivity index (χ0) is 8.84. The minimum Gasteiger partial charge on any atom is -0.342 e. The summed E-state index contributed by atoms with van der Waals surface area (Å²) in [6.45, 7) is 0. The van der Waals surface area contributed by atoms with Crippen molar-refractivity contribution in [2.75, 3.05) is 0 Å². The van der Waals surface area contributed by atoms with Crippen LogP contribution in [0.15, 0.2) is 35.9 Å². The molecule has 0 saturated carbocycles. The first kappa shape index (κ1) is 6.89.